The highest BCUT2D eigenvalue weighted by Gasteiger charge is 2.14. The van der Waals surface area contributed by atoms with Gasteiger partial charge in [0.1, 0.15) is 0 Å². The molecule has 0 radical (unpaired) electrons. The maximum absolute atomic E-state index is 12.2. The Morgan fingerprint density at radius 2 is 2.12 bits per heavy atom. The smallest absolute Gasteiger partial charge is 0.277 e. The summed E-state index contributed by atoms with van der Waals surface area (Å²) < 4.78 is 25.6. The second-order valence-corrected chi connectivity index (χ2v) is 8.39. The van der Waals surface area contributed by atoms with E-state index in [1.54, 1.807) is 29.1 Å². The topological polar surface area (TPSA) is 94.0 Å². The van der Waals surface area contributed by atoms with Gasteiger partial charge in [-0.05, 0) is 30.7 Å². The van der Waals surface area contributed by atoms with Gasteiger partial charge in [-0.2, -0.15) is 5.10 Å². The fourth-order valence-corrected chi connectivity index (χ4v) is 3.81. The Balaban J connectivity index is 1.83. The fraction of sp³-hybridized carbons (Fsp3) is 0.267. The van der Waals surface area contributed by atoms with Crippen molar-refractivity contribution in [2.24, 2.45) is 0 Å². The third-order valence-corrected chi connectivity index (χ3v) is 5.38. The monoisotopic (exact) mass is 364 g/mol. The normalized spacial score (nSPS) is 11.8. The molecule has 0 bridgehead atoms. The highest BCUT2D eigenvalue weighted by Crippen LogP contribution is 2.28. The molecule has 2 aromatic heterocycles. The molecular weight excluding hydrogens is 348 g/mol. The molecule has 3 aromatic rings. The number of hydrogen-bond acceptors (Lipinski definition) is 6. The van der Waals surface area contributed by atoms with Crippen LogP contribution in [0.2, 0.25) is 0 Å². The molecule has 0 spiro atoms. The van der Waals surface area contributed by atoms with Crippen LogP contribution in [0.3, 0.4) is 0 Å². The molecule has 2 heterocycles. The summed E-state index contributed by atoms with van der Waals surface area (Å²) in [6.45, 7) is 2.79. The van der Waals surface area contributed by atoms with Crippen molar-refractivity contribution in [3.63, 3.8) is 0 Å². The molecule has 0 saturated heterocycles. The van der Waals surface area contributed by atoms with E-state index in [2.05, 4.69) is 15.4 Å². The molecule has 0 saturated carbocycles. The molecule has 0 aliphatic rings. The first-order valence-electron chi connectivity index (χ1n) is 7.32. The van der Waals surface area contributed by atoms with E-state index >= 15 is 0 Å². The van der Waals surface area contributed by atoms with Crippen LogP contribution >= 0.6 is 11.3 Å². The van der Waals surface area contributed by atoms with Crippen LogP contribution in [0.25, 0.3) is 10.2 Å². The van der Waals surface area contributed by atoms with Gasteiger partial charge in [0.25, 0.3) is 5.91 Å². The number of sulfone groups is 1. The Morgan fingerprint density at radius 3 is 2.83 bits per heavy atom. The lowest BCUT2D eigenvalue weighted by molar-refractivity contribution is 0.102. The van der Waals surface area contributed by atoms with Crippen molar-refractivity contribution in [1.82, 2.24) is 14.8 Å². The molecule has 7 nitrogen and oxygen atoms in total. The predicted octanol–water partition coefficient (Wildman–Crippen LogP) is 2.56. The molecule has 1 aromatic carbocycles. The van der Waals surface area contributed by atoms with E-state index in [9.17, 15) is 13.2 Å². The lowest BCUT2D eigenvalue weighted by atomic mass is 10.3. The van der Waals surface area contributed by atoms with Crippen LogP contribution in [-0.2, 0) is 16.4 Å². The third-order valence-electron chi connectivity index (χ3n) is 3.33. The van der Waals surface area contributed by atoms with Gasteiger partial charge in [-0.25, -0.2) is 13.4 Å². The average Bonchev–Trinajstić information content (AvgIpc) is 3.11. The van der Waals surface area contributed by atoms with Gasteiger partial charge in [0, 0.05) is 19.0 Å². The summed E-state index contributed by atoms with van der Waals surface area (Å²) >= 11 is 1.23. The first-order valence-corrected chi connectivity index (χ1v) is 10.0. The van der Waals surface area contributed by atoms with Gasteiger partial charge in [-0.15, -0.1) is 0 Å². The summed E-state index contributed by atoms with van der Waals surface area (Å²) in [6, 6.07) is 6.36. The van der Waals surface area contributed by atoms with Gasteiger partial charge in [0.15, 0.2) is 20.7 Å². The summed E-state index contributed by atoms with van der Waals surface area (Å²) in [7, 11) is -3.28. The van der Waals surface area contributed by atoms with Crippen molar-refractivity contribution in [3.8, 4) is 0 Å². The van der Waals surface area contributed by atoms with Crippen LogP contribution in [0, 0.1) is 0 Å². The zero-order chi connectivity index (χ0) is 17.3. The number of anilines is 1. The Hall–Kier alpha value is -2.26. The van der Waals surface area contributed by atoms with Crippen LogP contribution in [0.1, 0.15) is 23.8 Å². The molecule has 24 heavy (non-hydrogen) atoms. The van der Waals surface area contributed by atoms with Crippen LogP contribution in [-0.4, -0.2) is 35.3 Å². The zero-order valence-electron chi connectivity index (χ0n) is 13.2. The van der Waals surface area contributed by atoms with E-state index in [1.807, 2.05) is 6.92 Å². The van der Waals surface area contributed by atoms with Gasteiger partial charge < -0.3 is 0 Å². The fourth-order valence-electron chi connectivity index (χ4n) is 2.19. The number of carbonyl (C=O) groups is 1. The minimum atomic E-state index is -3.28. The zero-order valence-corrected chi connectivity index (χ0v) is 14.8. The predicted molar refractivity (Wildman–Crippen MR) is 93.2 cm³/mol. The third kappa shape index (κ3) is 3.46. The van der Waals surface area contributed by atoms with E-state index in [4.69, 9.17) is 0 Å². The van der Waals surface area contributed by atoms with E-state index < -0.39 is 9.84 Å². The maximum Gasteiger partial charge on any atom is 0.277 e. The van der Waals surface area contributed by atoms with E-state index in [0.717, 1.165) is 19.2 Å². The Kier molecular flexibility index (Phi) is 4.37. The lowest BCUT2D eigenvalue weighted by Crippen LogP contribution is -2.13. The summed E-state index contributed by atoms with van der Waals surface area (Å²) in [5, 5.41) is 7.31. The van der Waals surface area contributed by atoms with E-state index in [0.29, 0.717) is 21.0 Å². The Morgan fingerprint density at radius 1 is 1.33 bits per heavy atom. The summed E-state index contributed by atoms with van der Waals surface area (Å²) in [5.41, 5.74) is 0.957. The number of benzene rings is 1. The molecule has 0 fully saturated rings. The van der Waals surface area contributed by atoms with Gasteiger partial charge in [0.2, 0.25) is 0 Å². The van der Waals surface area contributed by atoms with Gasteiger partial charge in [-0.1, -0.05) is 18.3 Å². The number of amides is 1. The summed E-state index contributed by atoms with van der Waals surface area (Å²) in [4.78, 5) is 16.8. The largest absolute Gasteiger partial charge is 0.296 e. The minimum Gasteiger partial charge on any atom is -0.296 e. The van der Waals surface area contributed by atoms with Crippen molar-refractivity contribution in [2.45, 2.75) is 24.8 Å². The molecule has 0 aliphatic carbocycles. The SMILES string of the molecule is CCCn1ccc(C(=O)Nc2nc3ccc(S(C)(=O)=O)cc3s2)n1. The number of carbonyl (C=O) groups excluding carboxylic acids is 1. The molecule has 1 amide bonds. The first-order chi connectivity index (χ1) is 11.4. The quantitative estimate of drug-likeness (QED) is 0.751. The number of nitrogens with zero attached hydrogens (tertiary/aromatic N) is 3. The van der Waals surface area contributed by atoms with Gasteiger partial charge in [0.05, 0.1) is 15.1 Å². The van der Waals surface area contributed by atoms with E-state index in [-0.39, 0.29) is 10.8 Å². The Bertz CT molecular complexity index is 1000. The Labute approximate surface area is 143 Å². The molecular formula is C15H16N4O3S2. The van der Waals surface area contributed by atoms with Gasteiger partial charge in [-0.3, -0.25) is 14.8 Å². The lowest BCUT2D eigenvalue weighted by Gasteiger charge is -1.98. The first kappa shape index (κ1) is 16.6. The second-order valence-electron chi connectivity index (χ2n) is 5.34. The standard InChI is InChI=1S/C15H16N4O3S2/c1-3-7-19-8-6-12(18-19)14(20)17-15-16-11-5-4-10(24(2,21)22)9-13(11)23-15/h4-6,8-9H,3,7H2,1-2H3,(H,16,17,20). The van der Waals surface area contributed by atoms with Crippen molar-refractivity contribution < 1.29 is 13.2 Å². The maximum atomic E-state index is 12.2. The van der Waals surface area contributed by atoms with Crippen molar-refractivity contribution in [1.29, 1.82) is 0 Å². The van der Waals surface area contributed by atoms with Crippen molar-refractivity contribution >= 4 is 42.4 Å². The number of rotatable bonds is 5. The number of nitrogens with one attached hydrogen (secondary N) is 1. The molecule has 126 valence electrons. The average molecular weight is 364 g/mol. The summed E-state index contributed by atoms with van der Waals surface area (Å²) in [5.74, 6) is -0.341. The molecule has 3 rings (SSSR count). The molecule has 0 aliphatic heterocycles. The van der Waals surface area contributed by atoms with Crippen LogP contribution in [0.4, 0.5) is 5.13 Å². The summed E-state index contributed by atoms with van der Waals surface area (Å²) in [6.07, 6.45) is 3.85. The highest BCUT2D eigenvalue weighted by molar-refractivity contribution is 7.90. The molecule has 0 atom stereocenters. The highest BCUT2D eigenvalue weighted by atomic mass is 32.2. The van der Waals surface area contributed by atoms with E-state index in [1.165, 1.54) is 17.4 Å². The van der Waals surface area contributed by atoms with Crippen LogP contribution in [0.15, 0.2) is 35.4 Å². The van der Waals surface area contributed by atoms with Crippen molar-refractivity contribution in [2.75, 3.05) is 11.6 Å². The van der Waals surface area contributed by atoms with Crippen LogP contribution in [0.5, 0.6) is 0 Å². The van der Waals surface area contributed by atoms with Crippen LogP contribution < -0.4 is 5.32 Å². The molecule has 0 unspecified atom stereocenters. The molecule has 9 heteroatoms. The number of aromatic nitrogens is 3. The second kappa shape index (κ2) is 6.33. The van der Waals surface area contributed by atoms with Gasteiger partial charge >= 0.3 is 0 Å². The van der Waals surface area contributed by atoms with Crippen molar-refractivity contribution in [3.05, 3.63) is 36.2 Å². The number of hydrogen-bond donors (Lipinski definition) is 1. The number of fused-ring (bicyclic) bond motifs is 1. The number of thiazole rings is 1. The minimum absolute atomic E-state index is 0.231. The molecule has 1 N–H and O–H groups in total. The number of aryl methyl sites for hydroxylation is 1.